The Hall–Kier alpha value is -1.56. The van der Waals surface area contributed by atoms with Crippen LogP contribution < -0.4 is 11.1 Å². The first kappa shape index (κ1) is 12.9. The molecule has 4 N–H and O–H groups in total. The van der Waals surface area contributed by atoms with Crippen molar-refractivity contribution in [2.45, 2.75) is 12.8 Å². The number of hydrogen-bond acceptors (Lipinski definition) is 3. The van der Waals surface area contributed by atoms with Crippen molar-refractivity contribution in [3.05, 3.63) is 27.7 Å². The molecule has 96 valence electrons. The molecule has 0 radical (unpaired) electrons. The number of anilines is 1. The van der Waals surface area contributed by atoms with E-state index in [0.29, 0.717) is 21.6 Å². The highest BCUT2D eigenvalue weighted by atomic mass is 79.9. The van der Waals surface area contributed by atoms with E-state index < -0.39 is 11.9 Å². The van der Waals surface area contributed by atoms with E-state index in [0.717, 1.165) is 6.54 Å². The van der Waals surface area contributed by atoms with Gasteiger partial charge in [0.2, 0.25) is 0 Å². The van der Waals surface area contributed by atoms with Gasteiger partial charge in [-0.05, 0) is 46.8 Å². The van der Waals surface area contributed by atoms with Crippen LogP contribution >= 0.6 is 15.9 Å². The Morgan fingerprint density at radius 2 is 2.06 bits per heavy atom. The van der Waals surface area contributed by atoms with E-state index in [4.69, 9.17) is 10.8 Å². The van der Waals surface area contributed by atoms with E-state index in [1.807, 2.05) is 0 Å². The normalized spacial score (nSPS) is 14.3. The fraction of sp³-hybridized carbons (Fsp3) is 0.333. The molecule has 1 aliphatic rings. The van der Waals surface area contributed by atoms with E-state index in [9.17, 15) is 9.59 Å². The number of primary amides is 1. The zero-order chi connectivity index (χ0) is 13.3. The molecule has 0 heterocycles. The van der Waals surface area contributed by atoms with E-state index in [2.05, 4.69) is 21.2 Å². The minimum atomic E-state index is -1.05. The SMILES string of the molecule is NC(=O)c1cc(Br)c(C(=O)O)cc1NCC1CC1. The highest BCUT2D eigenvalue weighted by Crippen LogP contribution is 2.31. The summed E-state index contributed by atoms with van der Waals surface area (Å²) in [7, 11) is 0. The fourth-order valence-electron chi connectivity index (χ4n) is 1.66. The Balaban J connectivity index is 2.34. The predicted octanol–water partition coefficient (Wildman–Crippen LogP) is 2.07. The summed E-state index contributed by atoms with van der Waals surface area (Å²) in [5.74, 6) is -1.01. The molecular weight excluding hydrogens is 300 g/mol. The quantitative estimate of drug-likeness (QED) is 0.776. The molecule has 0 bridgehead atoms. The third-order valence-electron chi connectivity index (χ3n) is 2.88. The van der Waals surface area contributed by atoms with Gasteiger partial charge < -0.3 is 16.2 Å². The van der Waals surface area contributed by atoms with Gasteiger partial charge in [0.25, 0.3) is 5.91 Å². The Kier molecular flexibility index (Phi) is 3.56. The molecule has 1 aromatic carbocycles. The topological polar surface area (TPSA) is 92.4 Å². The lowest BCUT2D eigenvalue weighted by atomic mass is 10.1. The van der Waals surface area contributed by atoms with Crippen LogP contribution in [-0.2, 0) is 0 Å². The molecule has 5 nitrogen and oxygen atoms in total. The number of amides is 1. The number of aromatic carboxylic acids is 1. The lowest BCUT2D eigenvalue weighted by molar-refractivity contribution is 0.0695. The van der Waals surface area contributed by atoms with Crippen LogP contribution in [0.3, 0.4) is 0 Å². The second kappa shape index (κ2) is 4.97. The summed E-state index contributed by atoms with van der Waals surface area (Å²) in [6.45, 7) is 0.737. The molecule has 1 saturated carbocycles. The molecule has 0 unspecified atom stereocenters. The van der Waals surface area contributed by atoms with E-state index in [1.165, 1.54) is 25.0 Å². The van der Waals surface area contributed by atoms with Gasteiger partial charge in [0.15, 0.2) is 0 Å². The Morgan fingerprint density at radius 3 is 2.56 bits per heavy atom. The Morgan fingerprint density at radius 1 is 1.39 bits per heavy atom. The van der Waals surface area contributed by atoms with Crippen LogP contribution in [0.2, 0.25) is 0 Å². The van der Waals surface area contributed by atoms with Crippen LogP contribution in [0.1, 0.15) is 33.6 Å². The number of carbonyl (C=O) groups excluding carboxylic acids is 1. The van der Waals surface area contributed by atoms with Crippen molar-refractivity contribution in [2.75, 3.05) is 11.9 Å². The number of carbonyl (C=O) groups is 2. The number of rotatable bonds is 5. The third-order valence-corrected chi connectivity index (χ3v) is 3.54. The van der Waals surface area contributed by atoms with Crippen molar-refractivity contribution in [3.8, 4) is 0 Å². The summed E-state index contributed by atoms with van der Waals surface area (Å²) in [6, 6.07) is 2.88. The average molecular weight is 313 g/mol. The molecule has 1 amide bonds. The lowest BCUT2D eigenvalue weighted by Crippen LogP contribution is -2.16. The minimum Gasteiger partial charge on any atom is -0.478 e. The summed E-state index contributed by atoms with van der Waals surface area (Å²) < 4.78 is 0.348. The second-order valence-corrected chi connectivity index (χ2v) is 5.23. The Labute approximate surface area is 112 Å². The number of nitrogens with one attached hydrogen (secondary N) is 1. The van der Waals surface area contributed by atoms with Crippen molar-refractivity contribution < 1.29 is 14.7 Å². The first-order chi connectivity index (χ1) is 8.49. The molecule has 1 aromatic rings. The second-order valence-electron chi connectivity index (χ2n) is 4.37. The number of hydrogen-bond donors (Lipinski definition) is 3. The lowest BCUT2D eigenvalue weighted by Gasteiger charge is -2.12. The molecular formula is C12H13BrN2O3. The van der Waals surface area contributed by atoms with Gasteiger partial charge in [-0.3, -0.25) is 4.79 Å². The molecule has 0 aromatic heterocycles. The van der Waals surface area contributed by atoms with Crippen molar-refractivity contribution >= 4 is 33.5 Å². The average Bonchev–Trinajstić information content (AvgIpc) is 3.10. The fourth-order valence-corrected chi connectivity index (χ4v) is 2.18. The maximum Gasteiger partial charge on any atom is 0.336 e. The van der Waals surface area contributed by atoms with Gasteiger partial charge in [-0.25, -0.2) is 4.79 Å². The van der Waals surface area contributed by atoms with Crippen LogP contribution in [-0.4, -0.2) is 23.5 Å². The van der Waals surface area contributed by atoms with Gasteiger partial charge in [-0.15, -0.1) is 0 Å². The highest BCUT2D eigenvalue weighted by molar-refractivity contribution is 9.10. The van der Waals surface area contributed by atoms with Gasteiger partial charge in [-0.2, -0.15) is 0 Å². The van der Waals surface area contributed by atoms with Crippen LogP contribution in [0.5, 0.6) is 0 Å². The molecule has 6 heteroatoms. The number of benzene rings is 1. The van der Waals surface area contributed by atoms with Gasteiger partial charge in [0.05, 0.1) is 11.1 Å². The number of nitrogens with two attached hydrogens (primary N) is 1. The number of halogens is 1. The molecule has 0 saturated heterocycles. The summed E-state index contributed by atoms with van der Waals surface area (Å²) in [5.41, 5.74) is 6.17. The van der Waals surface area contributed by atoms with Crippen molar-refractivity contribution in [1.29, 1.82) is 0 Å². The summed E-state index contributed by atoms with van der Waals surface area (Å²) in [6.07, 6.45) is 2.34. The number of carboxylic acids is 1. The smallest absolute Gasteiger partial charge is 0.336 e. The Bertz CT molecular complexity index is 512. The minimum absolute atomic E-state index is 0.110. The first-order valence-corrected chi connectivity index (χ1v) is 6.39. The van der Waals surface area contributed by atoms with Gasteiger partial charge in [-0.1, -0.05) is 0 Å². The van der Waals surface area contributed by atoms with Crippen molar-refractivity contribution in [2.24, 2.45) is 11.7 Å². The molecule has 0 aliphatic heterocycles. The number of carboxylic acid groups (broad SMARTS) is 1. The summed E-state index contributed by atoms with van der Waals surface area (Å²) in [5, 5.41) is 12.1. The van der Waals surface area contributed by atoms with Crippen LogP contribution in [0.4, 0.5) is 5.69 Å². The first-order valence-electron chi connectivity index (χ1n) is 5.59. The third kappa shape index (κ3) is 2.81. The molecule has 0 atom stereocenters. The highest BCUT2D eigenvalue weighted by Gasteiger charge is 2.22. The monoisotopic (exact) mass is 312 g/mol. The largest absolute Gasteiger partial charge is 0.478 e. The maximum atomic E-state index is 11.3. The van der Waals surface area contributed by atoms with Gasteiger partial charge in [0, 0.05) is 16.7 Å². The standard InChI is InChI=1S/C12H13BrN2O3/c13-9-3-8(11(14)16)10(4-7(9)12(17)18)15-5-6-1-2-6/h3-4,6,15H,1-2,5H2,(H2,14,16)(H,17,18). The molecule has 1 aliphatic carbocycles. The predicted molar refractivity (Wildman–Crippen MR) is 70.8 cm³/mol. The van der Waals surface area contributed by atoms with Crippen molar-refractivity contribution in [3.63, 3.8) is 0 Å². The summed E-state index contributed by atoms with van der Waals surface area (Å²) in [4.78, 5) is 22.4. The molecule has 18 heavy (non-hydrogen) atoms. The zero-order valence-corrected chi connectivity index (χ0v) is 11.2. The molecule has 1 fully saturated rings. The van der Waals surface area contributed by atoms with E-state index in [-0.39, 0.29) is 5.56 Å². The van der Waals surface area contributed by atoms with E-state index in [1.54, 1.807) is 0 Å². The van der Waals surface area contributed by atoms with E-state index >= 15 is 0 Å². The molecule has 2 rings (SSSR count). The maximum absolute atomic E-state index is 11.3. The van der Waals surface area contributed by atoms with Gasteiger partial charge in [0.1, 0.15) is 0 Å². The summed E-state index contributed by atoms with van der Waals surface area (Å²) >= 11 is 3.13. The van der Waals surface area contributed by atoms with Crippen LogP contribution in [0, 0.1) is 5.92 Å². The van der Waals surface area contributed by atoms with Crippen LogP contribution in [0.25, 0.3) is 0 Å². The zero-order valence-electron chi connectivity index (χ0n) is 9.57. The molecule has 0 spiro atoms. The van der Waals surface area contributed by atoms with Crippen LogP contribution in [0.15, 0.2) is 16.6 Å². The van der Waals surface area contributed by atoms with Gasteiger partial charge >= 0.3 is 5.97 Å². The van der Waals surface area contributed by atoms with Crippen molar-refractivity contribution in [1.82, 2.24) is 0 Å².